The van der Waals surface area contributed by atoms with E-state index in [4.69, 9.17) is 0 Å². The molecular formula is C16H22FN3O4S. The maximum Gasteiger partial charge on any atom is 0.309 e. The standard InChI is InChI=1S/C16H22FN3O4S/c1-18-15(21)16(22)19-10-9-13-4-2-3-11-20(13)25(23,24)14-7-5-12(17)6-8-14/h5-8,13H,2-4,9-11H2,1H3,(H,18,21)(H,19,22)/t13-/m0/s1. The van der Waals surface area contributed by atoms with Gasteiger partial charge in [-0.15, -0.1) is 0 Å². The molecule has 1 saturated heterocycles. The fourth-order valence-electron chi connectivity index (χ4n) is 2.87. The van der Waals surface area contributed by atoms with Gasteiger partial charge in [0.15, 0.2) is 0 Å². The number of hydrogen-bond donors (Lipinski definition) is 2. The highest BCUT2D eigenvalue weighted by molar-refractivity contribution is 7.89. The third kappa shape index (κ3) is 4.76. The van der Waals surface area contributed by atoms with Gasteiger partial charge in [-0.25, -0.2) is 12.8 Å². The van der Waals surface area contributed by atoms with E-state index in [1.54, 1.807) is 0 Å². The van der Waals surface area contributed by atoms with Gasteiger partial charge in [-0.05, 0) is 43.5 Å². The minimum atomic E-state index is -3.72. The van der Waals surface area contributed by atoms with E-state index >= 15 is 0 Å². The third-order valence-corrected chi connectivity index (χ3v) is 6.16. The summed E-state index contributed by atoms with van der Waals surface area (Å²) in [5, 5.41) is 4.70. The fourth-order valence-corrected chi connectivity index (χ4v) is 4.59. The molecule has 0 spiro atoms. The predicted octanol–water partition coefficient (Wildman–Crippen LogP) is 0.621. The summed E-state index contributed by atoms with van der Waals surface area (Å²) in [7, 11) is -2.36. The number of amides is 2. The molecule has 1 atom stereocenters. The molecule has 2 amide bonds. The van der Waals surface area contributed by atoms with Crippen molar-refractivity contribution in [1.29, 1.82) is 0 Å². The molecular weight excluding hydrogens is 349 g/mol. The topological polar surface area (TPSA) is 95.6 Å². The summed E-state index contributed by atoms with van der Waals surface area (Å²) in [5.74, 6) is -1.98. The second-order valence-electron chi connectivity index (χ2n) is 5.84. The normalized spacial score (nSPS) is 18.6. The fraction of sp³-hybridized carbons (Fsp3) is 0.500. The molecule has 2 N–H and O–H groups in total. The lowest BCUT2D eigenvalue weighted by atomic mass is 10.0. The van der Waals surface area contributed by atoms with Gasteiger partial charge in [0.1, 0.15) is 5.82 Å². The highest BCUT2D eigenvalue weighted by atomic mass is 32.2. The van der Waals surface area contributed by atoms with E-state index in [1.165, 1.54) is 23.5 Å². The number of nitrogens with zero attached hydrogens (tertiary/aromatic N) is 1. The van der Waals surface area contributed by atoms with Crippen molar-refractivity contribution < 1.29 is 22.4 Å². The van der Waals surface area contributed by atoms with E-state index in [-0.39, 0.29) is 17.5 Å². The van der Waals surface area contributed by atoms with Crippen molar-refractivity contribution in [3.63, 3.8) is 0 Å². The Bertz CT molecular complexity index is 721. The first-order valence-electron chi connectivity index (χ1n) is 8.13. The van der Waals surface area contributed by atoms with Crippen LogP contribution in [0.4, 0.5) is 4.39 Å². The van der Waals surface area contributed by atoms with Crippen LogP contribution < -0.4 is 10.6 Å². The Balaban J connectivity index is 2.05. The summed E-state index contributed by atoms with van der Waals surface area (Å²) >= 11 is 0. The van der Waals surface area contributed by atoms with Gasteiger partial charge in [-0.2, -0.15) is 4.31 Å². The van der Waals surface area contributed by atoms with Crippen LogP contribution in [-0.2, 0) is 19.6 Å². The van der Waals surface area contributed by atoms with Crippen molar-refractivity contribution in [1.82, 2.24) is 14.9 Å². The number of carbonyl (C=O) groups excluding carboxylic acids is 2. The zero-order valence-electron chi connectivity index (χ0n) is 14.0. The summed E-state index contributed by atoms with van der Waals surface area (Å²) in [6.45, 7) is 0.583. The first kappa shape index (κ1) is 19.3. The Kier molecular flexibility index (Phi) is 6.49. The molecule has 1 aliphatic rings. The monoisotopic (exact) mass is 371 g/mol. The van der Waals surface area contributed by atoms with Crippen LogP contribution in [0, 0.1) is 5.82 Å². The van der Waals surface area contributed by atoms with E-state index in [2.05, 4.69) is 10.6 Å². The molecule has 0 aromatic heterocycles. The molecule has 1 heterocycles. The zero-order valence-corrected chi connectivity index (χ0v) is 14.8. The zero-order chi connectivity index (χ0) is 18.4. The van der Waals surface area contributed by atoms with Crippen LogP contribution in [0.25, 0.3) is 0 Å². The number of nitrogens with one attached hydrogen (secondary N) is 2. The number of halogens is 1. The molecule has 0 unspecified atom stereocenters. The van der Waals surface area contributed by atoms with E-state index in [0.717, 1.165) is 25.0 Å². The maximum atomic E-state index is 13.0. The molecule has 0 saturated carbocycles. The molecule has 1 fully saturated rings. The van der Waals surface area contributed by atoms with Gasteiger partial charge in [0.25, 0.3) is 0 Å². The van der Waals surface area contributed by atoms with Gasteiger partial charge in [-0.3, -0.25) is 9.59 Å². The van der Waals surface area contributed by atoms with Gasteiger partial charge in [0, 0.05) is 26.2 Å². The Morgan fingerprint density at radius 1 is 1.20 bits per heavy atom. The van der Waals surface area contributed by atoms with Gasteiger partial charge in [-0.1, -0.05) is 6.42 Å². The van der Waals surface area contributed by atoms with Crippen LogP contribution in [0.5, 0.6) is 0 Å². The minimum absolute atomic E-state index is 0.0511. The smallest absolute Gasteiger partial charge is 0.309 e. The molecule has 7 nitrogen and oxygen atoms in total. The Labute approximate surface area is 146 Å². The number of hydrogen-bond acceptors (Lipinski definition) is 4. The molecule has 1 aromatic carbocycles. The van der Waals surface area contributed by atoms with Crippen molar-refractivity contribution in [3.8, 4) is 0 Å². The summed E-state index contributed by atoms with van der Waals surface area (Å²) in [6.07, 6.45) is 2.73. The van der Waals surface area contributed by atoms with Crippen LogP contribution in [0.2, 0.25) is 0 Å². The Hall–Kier alpha value is -2.00. The van der Waals surface area contributed by atoms with Crippen LogP contribution >= 0.6 is 0 Å². The van der Waals surface area contributed by atoms with E-state index in [0.29, 0.717) is 19.4 Å². The van der Waals surface area contributed by atoms with Crippen LogP contribution in [0.1, 0.15) is 25.7 Å². The van der Waals surface area contributed by atoms with Crippen molar-refractivity contribution in [2.45, 2.75) is 36.6 Å². The van der Waals surface area contributed by atoms with E-state index in [1.807, 2.05) is 0 Å². The number of sulfonamides is 1. The highest BCUT2D eigenvalue weighted by Crippen LogP contribution is 2.27. The summed E-state index contributed by atoms with van der Waals surface area (Å²) < 4.78 is 40.1. The quantitative estimate of drug-likeness (QED) is 0.742. The van der Waals surface area contributed by atoms with E-state index < -0.39 is 27.7 Å². The molecule has 2 rings (SSSR count). The predicted molar refractivity (Wildman–Crippen MR) is 89.6 cm³/mol. The van der Waals surface area contributed by atoms with Gasteiger partial charge in [0.05, 0.1) is 4.90 Å². The lowest BCUT2D eigenvalue weighted by molar-refractivity contribution is -0.138. The summed E-state index contributed by atoms with van der Waals surface area (Å²) in [6, 6.07) is 4.48. The van der Waals surface area contributed by atoms with Crippen molar-refractivity contribution in [3.05, 3.63) is 30.1 Å². The van der Waals surface area contributed by atoms with Gasteiger partial charge in [0.2, 0.25) is 10.0 Å². The third-order valence-electron chi connectivity index (χ3n) is 4.19. The Morgan fingerprint density at radius 2 is 1.88 bits per heavy atom. The maximum absolute atomic E-state index is 13.0. The van der Waals surface area contributed by atoms with Crippen molar-refractivity contribution >= 4 is 21.8 Å². The van der Waals surface area contributed by atoms with Gasteiger partial charge >= 0.3 is 11.8 Å². The molecule has 0 bridgehead atoms. The van der Waals surface area contributed by atoms with Crippen LogP contribution in [0.3, 0.4) is 0 Å². The van der Waals surface area contributed by atoms with Gasteiger partial charge < -0.3 is 10.6 Å². The number of rotatable bonds is 5. The van der Waals surface area contributed by atoms with E-state index in [9.17, 15) is 22.4 Å². The molecule has 1 aromatic rings. The lowest BCUT2D eigenvalue weighted by Gasteiger charge is -2.34. The second-order valence-corrected chi connectivity index (χ2v) is 7.73. The largest absolute Gasteiger partial charge is 0.351 e. The highest BCUT2D eigenvalue weighted by Gasteiger charge is 2.33. The number of carbonyl (C=O) groups is 2. The number of benzene rings is 1. The SMILES string of the molecule is CNC(=O)C(=O)NCC[C@@H]1CCCCN1S(=O)(=O)c1ccc(F)cc1. The van der Waals surface area contributed by atoms with Crippen LogP contribution in [0.15, 0.2) is 29.2 Å². The second kappa shape index (κ2) is 8.39. The first-order chi connectivity index (χ1) is 11.9. The number of likely N-dealkylation sites (N-methyl/N-ethyl adjacent to an activating group) is 1. The number of piperidine rings is 1. The minimum Gasteiger partial charge on any atom is -0.351 e. The first-order valence-corrected chi connectivity index (χ1v) is 9.57. The summed E-state index contributed by atoms with van der Waals surface area (Å²) in [4.78, 5) is 22.7. The summed E-state index contributed by atoms with van der Waals surface area (Å²) in [5.41, 5.74) is 0. The molecule has 0 radical (unpaired) electrons. The molecule has 0 aliphatic carbocycles. The molecule has 25 heavy (non-hydrogen) atoms. The van der Waals surface area contributed by atoms with Crippen molar-refractivity contribution in [2.24, 2.45) is 0 Å². The molecule has 138 valence electrons. The Morgan fingerprint density at radius 3 is 2.52 bits per heavy atom. The lowest BCUT2D eigenvalue weighted by Crippen LogP contribution is -2.46. The average Bonchev–Trinajstić information content (AvgIpc) is 2.61. The average molecular weight is 371 g/mol. The molecule has 1 aliphatic heterocycles. The van der Waals surface area contributed by atoms with Crippen molar-refractivity contribution in [2.75, 3.05) is 20.1 Å². The molecule has 9 heteroatoms. The van der Waals surface area contributed by atoms with Crippen LogP contribution in [-0.4, -0.2) is 50.7 Å².